The highest BCUT2D eigenvalue weighted by molar-refractivity contribution is 6.36. The summed E-state index contributed by atoms with van der Waals surface area (Å²) in [6.07, 6.45) is 0.974. The molecule has 0 spiro atoms. The Hall–Kier alpha value is -0.945. The Balaban J connectivity index is 2.41. The molecule has 18 heavy (non-hydrogen) atoms. The minimum absolute atomic E-state index is 0.182. The maximum absolute atomic E-state index is 8.65. The highest BCUT2D eigenvalue weighted by Gasteiger charge is 2.14. The van der Waals surface area contributed by atoms with Crippen LogP contribution >= 0.6 is 11.6 Å². The molecule has 2 N–H and O–H groups in total. The summed E-state index contributed by atoms with van der Waals surface area (Å²) in [5.74, 6) is 0.751. The van der Waals surface area contributed by atoms with Crippen molar-refractivity contribution in [2.24, 2.45) is 0 Å². The second-order valence-electron chi connectivity index (χ2n) is 3.50. The van der Waals surface area contributed by atoms with Crippen LogP contribution < -0.4 is 9.39 Å². The third-order valence-corrected chi connectivity index (χ3v) is 2.28. The number of halogens is 1. The standard InChI is InChI=1S/C11H16BClO5/c1-2-5-16-6-7-17-9-3-4-11(10(13)8-9)18-12(14)15/h3-4,8,14-15H,2,5-7H2,1H3. The summed E-state index contributed by atoms with van der Waals surface area (Å²) in [7, 11) is -1.89. The maximum atomic E-state index is 8.65. The lowest BCUT2D eigenvalue weighted by molar-refractivity contribution is 0.101. The normalized spacial score (nSPS) is 10.2. The highest BCUT2D eigenvalue weighted by atomic mass is 35.5. The molecule has 0 atom stereocenters. The summed E-state index contributed by atoms with van der Waals surface area (Å²) in [5, 5.41) is 17.5. The second kappa shape index (κ2) is 8.21. The zero-order chi connectivity index (χ0) is 13.4. The average Bonchev–Trinajstić information content (AvgIpc) is 2.32. The zero-order valence-electron chi connectivity index (χ0n) is 10.1. The first-order valence-corrected chi connectivity index (χ1v) is 6.04. The Morgan fingerprint density at radius 1 is 1.22 bits per heavy atom. The van der Waals surface area contributed by atoms with Crippen LogP contribution in [0.4, 0.5) is 0 Å². The molecule has 0 aliphatic heterocycles. The monoisotopic (exact) mass is 274 g/mol. The number of hydrogen-bond acceptors (Lipinski definition) is 5. The Morgan fingerprint density at radius 3 is 2.61 bits per heavy atom. The first-order chi connectivity index (χ1) is 8.63. The fourth-order valence-electron chi connectivity index (χ4n) is 1.25. The number of ether oxygens (including phenoxy) is 2. The van der Waals surface area contributed by atoms with Gasteiger partial charge >= 0.3 is 7.32 Å². The summed E-state index contributed by atoms with van der Waals surface area (Å²) in [6, 6.07) is 4.67. The smallest absolute Gasteiger partial charge is 0.511 e. The van der Waals surface area contributed by atoms with Crippen molar-refractivity contribution < 1.29 is 24.2 Å². The van der Waals surface area contributed by atoms with Crippen molar-refractivity contribution in [1.82, 2.24) is 0 Å². The van der Waals surface area contributed by atoms with Crippen LogP contribution in [0.2, 0.25) is 5.02 Å². The molecule has 0 radical (unpaired) electrons. The van der Waals surface area contributed by atoms with E-state index in [1.807, 2.05) is 6.92 Å². The van der Waals surface area contributed by atoms with Gasteiger partial charge in [0.05, 0.1) is 11.6 Å². The Bertz CT molecular complexity index is 361. The van der Waals surface area contributed by atoms with E-state index < -0.39 is 7.32 Å². The van der Waals surface area contributed by atoms with Crippen LogP contribution in [-0.4, -0.2) is 37.2 Å². The van der Waals surface area contributed by atoms with Crippen LogP contribution in [0.1, 0.15) is 13.3 Å². The molecule has 0 heterocycles. The summed E-state index contributed by atoms with van der Waals surface area (Å²) < 4.78 is 15.3. The van der Waals surface area contributed by atoms with Gasteiger partial charge in [-0.1, -0.05) is 18.5 Å². The molecule has 0 amide bonds. The van der Waals surface area contributed by atoms with Crippen molar-refractivity contribution in [3.8, 4) is 11.5 Å². The predicted molar refractivity (Wildman–Crippen MR) is 68.9 cm³/mol. The van der Waals surface area contributed by atoms with E-state index >= 15 is 0 Å². The molecule has 1 aromatic carbocycles. The summed E-state index contributed by atoms with van der Waals surface area (Å²) in [4.78, 5) is 0. The van der Waals surface area contributed by atoms with Crippen LogP contribution in [0, 0.1) is 0 Å². The van der Waals surface area contributed by atoms with Gasteiger partial charge in [-0.2, -0.15) is 0 Å². The molecule has 0 saturated heterocycles. The van der Waals surface area contributed by atoms with Crippen molar-refractivity contribution >= 4 is 18.9 Å². The highest BCUT2D eigenvalue weighted by Crippen LogP contribution is 2.28. The van der Waals surface area contributed by atoms with Gasteiger partial charge in [-0.3, -0.25) is 0 Å². The zero-order valence-corrected chi connectivity index (χ0v) is 10.9. The largest absolute Gasteiger partial charge is 0.707 e. The van der Waals surface area contributed by atoms with Crippen LogP contribution in [0.5, 0.6) is 11.5 Å². The molecule has 0 aliphatic rings. The van der Waals surface area contributed by atoms with Crippen molar-refractivity contribution in [3.05, 3.63) is 23.2 Å². The summed E-state index contributed by atoms with van der Waals surface area (Å²) in [6.45, 7) is 3.69. The quantitative estimate of drug-likeness (QED) is 0.555. The first-order valence-electron chi connectivity index (χ1n) is 5.66. The Morgan fingerprint density at radius 2 is 2.00 bits per heavy atom. The molecule has 0 fully saturated rings. The third kappa shape index (κ3) is 5.60. The first kappa shape index (κ1) is 15.1. The van der Waals surface area contributed by atoms with E-state index in [9.17, 15) is 0 Å². The van der Waals surface area contributed by atoms with E-state index in [2.05, 4.69) is 4.65 Å². The van der Waals surface area contributed by atoms with Gasteiger partial charge in [0, 0.05) is 12.7 Å². The fraction of sp³-hybridized carbons (Fsp3) is 0.455. The molecule has 1 rings (SSSR count). The maximum Gasteiger partial charge on any atom is 0.707 e. The van der Waals surface area contributed by atoms with E-state index in [0.717, 1.165) is 6.42 Å². The van der Waals surface area contributed by atoms with E-state index in [1.54, 1.807) is 12.1 Å². The van der Waals surface area contributed by atoms with E-state index in [1.165, 1.54) is 6.07 Å². The van der Waals surface area contributed by atoms with Gasteiger partial charge in [0.1, 0.15) is 18.1 Å². The average molecular weight is 275 g/mol. The van der Waals surface area contributed by atoms with Crippen LogP contribution in [-0.2, 0) is 4.74 Å². The molecule has 7 heteroatoms. The van der Waals surface area contributed by atoms with Gasteiger partial charge < -0.3 is 24.2 Å². The molecule has 0 unspecified atom stereocenters. The van der Waals surface area contributed by atoms with Gasteiger partial charge in [0.25, 0.3) is 0 Å². The number of benzene rings is 1. The lowest BCUT2D eigenvalue weighted by Gasteiger charge is -2.10. The molecule has 0 aromatic heterocycles. The Labute approximate surface area is 111 Å². The second-order valence-corrected chi connectivity index (χ2v) is 3.90. The predicted octanol–water partition coefficient (Wildman–Crippen LogP) is 1.49. The summed E-state index contributed by atoms with van der Waals surface area (Å²) in [5.41, 5.74) is 0. The molecule has 100 valence electrons. The van der Waals surface area contributed by atoms with E-state index in [4.69, 9.17) is 31.1 Å². The van der Waals surface area contributed by atoms with Gasteiger partial charge in [-0.05, 0) is 18.6 Å². The third-order valence-electron chi connectivity index (χ3n) is 1.98. The fourth-order valence-corrected chi connectivity index (χ4v) is 1.46. The van der Waals surface area contributed by atoms with Crippen LogP contribution in [0.25, 0.3) is 0 Å². The minimum Gasteiger partial charge on any atom is -0.511 e. The van der Waals surface area contributed by atoms with Crippen molar-refractivity contribution in [3.63, 3.8) is 0 Å². The molecular weight excluding hydrogens is 258 g/mol. The number of hydrogen-bond donors (Lipinski definition) is 2. The number of rotatable bonds is 8. The lowest BCUT2D eigenvalue weighted by Crippen LogP contribution is -2.20. The molecule has 1 aromatic rings. The topological polar surface area (TPSA) is 68.2 Å². The molecule has 0 saturated carbocycles. The van der Waals surface area contributed by atoms with Crippen molar-refractivity contribution in [1.29, 1.82) is 0 Å². The molecular formula is C11H16BClO5. The van der Waals surface area contributed by atoms with Crippen molar-refractivity contribution in [2.45, 2.75) is 13.3 Å². The van der Waals surface area contributed by atoms with Gasteiger partial charge in [-0.25, -0.2) is 0 Å². The minimum atomic E-state index is -1.89. The Kier molecular flexibility index (Phi) is 6.89. The van der Waals surface area contributed by atoms with E-state index in [-0.39, 0.29) is 10.8 Å². The molecule has 0 bridgehead atoms. The van der Waals surface area contributed by atoms with E-state index in [0.29, 0.717) is 25.6 Å². The SMILES string of the molecule is CCCOCCOc1ccc(OB(O)O)c(Cl)c1. The molecule has 5 nitrogen and oxygen atoms in total. The van der Waals surface area contributed by atoms with Gasteiger partial charge in [0.2, 0.25) is 0 Å². The summed E-state index contributed by atoms with van der Waals surface area (Å²) >= 11 is 5.88. The van der Waals surface area contributed by atoms with Crippen LogP contribution in [0.15, 0.2) is 18.2 Å². The van der Waals surface area contributed by atoms with Crippen LogP contribution in [0.3, 0.4) is 0 Å². The van der Waals surface area contributed by atoms with Gasteiger partial charge in [-0.15, -0.1) is 0 Å². The van der Waals surface area contributed by atoms with Gasteiger partial charge in [0.15, 0.2) is 0 Å². The van der Waals surface area contributed by atoms with Crippen molar-refractivity contribution in [2.75, 3.05) is 19.8 Å². The molecule has 0 aliphatic carbocycles. The lowest BCUT2D eigenvalue weighted by atomic mass is 10.2.